The molecule has 2 aromatic carbocycles. The topological polar surface area (TPSA) is 3.24 Å². The fraction of sp³-hybridized carbons (Fsp3) is 0.478. The highest BCUT2D eigenvalue weighted by atomic mass is 127. The summed E-state index contributed by atoms with van der Waals surface area (Å²) in [4.78, 5) is 2.64. The Morgan fingerprint density at radius 3 is 1.88 bits per heavy atom. The second-order valence-corrected chi connectivity index (χ2v) is 9.36. The summed E-state index contributed by atoms with van der Waals surface area (Å²) in [5.41, 5.74) is 3.40. The van der Waals surface area contributed by atoms with Crippen molar-refractivity contribution in [1.29, 1.82) is 0 Å². The number of hydrogen-bond donors (Lipinski definition) is 0. The van der Waals surface area contributed by atoms with Crippen molar-refractivity contribution in [3.05, 3.63) is 71.8 Å². The van der Waals surface area contributed by atoms with E-state index in [1.165, 1.54) is 58.8 Å². The van der Waals surface area contributed by atoms with Crippen LogP contribution in [0.1, 0.15) is 30.4 Å². The van der Waals surface area contributed by atoms with Crippen molar-refractivity contribution in [2.24, 2.45) is 11.3 Å². The molecule has 3 rings (SSSR count). The van der Waals surface area contributed by atoms with Crippen LogP contribution in [0.15, 0.2) is 60.7 Å². The number of nitrogens with zero attached hydrogens (tertiary/aromatic N) is 1. The van der Waals surface area contributed by atoms with E-state index in [0.29, 0.717) is 5.41 Å². The second kappa shape index (κ2) is 10.4. The quantitative estimate of drug-likeness (QED) is 0.262. The highest BCUT2D eigenvalue weighted by Crippen LogP contribution is 2.38. The lowest BCUT2D eigenvalue weighted by Crippen LogP contribution is -2.37. The van der Waals surface area contributed by atoms with E-state index in [-0.39, 0.29) is 0 Å². The first-order valence-electron chi connectivity index (χ1n) is 9.65. The summed E-state index contributed by atoms with van der Waals surface area (Å²) in [6.45, 7) is 3.62. The molecule has 0 bridgehead atoms. The minimum atomic E-state index is 0.453. The molecule has 26 heavy (non-hydrogen) atoms. The van der Waals surface area contributed by atoms with Gasteiger partial charge in [0.15, 0.2) is 0 Å². The molecule has 3 heteroatoms. The van der Waals surface area contributed by atoms with Crippen LogP contribution in [0.3, 0.4) is 0 Å². The van der Waals surface area contributed by atoms with Gasteiger partial charge in [-0.1, -0.05) is 106 Å². The summed E-state index contributed by atoms with van der Waals surface area (Å²) in [5.74, 6) is 0.885. The van der Waals surface area contributed by atoms with E-state index in [4.69, 9.17) is 0 Å². The minimum absolute atomic E-state index is 0.453. The Labute approximate surface area is 186 Å². The number of hydrogen-bond acceptors (Lipinski definition) is 1. The summed E-state index contributed by atoms with van der Waals surface area (Å²) in [5, 5.41) is 0. The van der Waals surface area contributed by atoms with Crippen LogP contribution in [0.5, 0.6) is 0 Å². The van der Waals surface area contributed by atoms with Gasteiger partial charge in [0, 0.05) is 15.4 Å². The van der Waals surface area contributed by atoms with E-state index < -0.39 is 0 Å². The molecule has 0 spiro atoms. The normalized spacial score (nSPS) is 16.7. The monoisotopic (exact) mass is 573 g/mol. The lowest BCUT2D eigenvalue weighted by Gasteiger charge is -2.38. The van der Waals surface area contributed by atoms with Crippen LogP contribution >= 0.6 is 45.2 Å². The second-order valence-electron chi connectivity index (χ2n) is 7.84. The third kappa shape index (κ3) is 5.93. The smallest absolute Gasteiger partial charge is 0.0233 e. The Hall–Kier alpha value is -0.140. The van der Waals surface area contributed by atoms with Gasteiger partial charge in [-0.25, -0.2) is 0 Å². The highest BCUT2D eigenvalue weighted by Gasteiger charge is 2.33. The third-order valence-electron chi connectivity index (χ3n) is 5.67. The van der Waals surface area contributed by atoms with E-state index in [9.17, 15) is 0 Å². The van der Waals surface area contributed by atoms with Gasteiger partial charge in [0.2, 0.25) is 0 Å². The zero-order valence-electron chi connectivity index (χ0n) is 15.4. The fourth-order valence-corrected chi connectivity index (χ4v) is 6.88. The van der Waals surface area contributed by atoms with Crippen LogP contribution in [0.25, 0.3) is 0 Å². The van der Waals surface area contributed by atoms with E-state index in [0.717, 1.165) is 12.5 Å². The first-order chi connectivity index (χ1) is 12.7. The summed E-state index contributed by atoms with van der Waals surface area (Å²) < 4.78 is 2.51. The molecule has 0 aliphatic carbocycles. The van der Waals surface area contributed by atoms with E-state index in [1.807, 2.05) is 0 Å². The van der Waals surface area contributed by atoms with Crippen LogP contribution in [-0.2, 0) is 13.0 Å². The van der Waals surface area contributed by atoms with Gasteiger partial charge in [0.05, 0.1) is 0 Å². The molecule has 1 aliphatic heterocycles. The number of halogens is 2. The molecule has 140 valence electrons. The van der Waals surface area contributed by atoms with Gasteiger partial charge in [-0.05, 0) is 61.2 Å². The molecular formula is C23H29I2N. The van der Waals surface area contributed by atoms with Crippen molar-refractivity contribution in [3.8, 4) is 0 Å². The molecule has 0 unspecified atom stereocenters. The number of piperidine rings is 1. The average molecular weight is 573 g/mol. The fourth-order valence-electron chi connectivity index (χ4n) is 4.14. The molecule has 0 aromatic heterocycles. The van der Waals surface area contributed by atoms with Gasteiger partial charge in [0.25, 0.3) is 0 Å². The van der Waals surface area contributed by atoms with Crippen molar-refractivity contribution < 1.29 is 0 Å². The van der Waals surface area contributed by atoms with E-state index in [2.05, 4.69) is 111 Å². The predicted octanol–water partition coefficient (Wildman–Crippen LogP) is 6.39. The average Bonchev–Trinajstić information content (AvgIpc) is 2.70. The lowest BCUT2D eigenvalue weighted by atomic mass is 9.75. The van der Waals surface area contributed by atoms with Crippen LogP contribution in [0.2, 0.25) is 0 Å². The summed E-state index contributed by atoms with van der Waals surface area (Å²) in [6.07, 6.45) is 5.32. The van der Waals surface area contributed by atoms with Crippen molar-refractivity contribution in [3.63, 3.8) is 0 Å². The van der Waals surface area contributed by atoms with Crippen molar-refractivity contribution >= 4 is 45.2 Å². The summed E-state index contributed by atoms with van der Waals surface area (Å²) in [7, 11) is 0. The van der Waals surface area contributed by atoms with Gasteiger partial charge in [0.1, 0.15) is 0 Å². The van der Waals surface area contributed by atoms with Crippen LogP contribution < -0.4 is 0 Å². The van der Waals surface area contributed by atoms with Gasteiger partial charge in [-0.15, -0.1) is 0 Å². The lowest BCUT2D eigenvalue weighted by molar-refractivity contribution is 0.146. The van der Waals surface area contributed by atoms with Gasteiger partial charge >= 0.3 is 0 Å². The van der Waals surface area contributed by atoms with Gasteiger partial charge < -0.3 is 0 Å². The molecule has 1 nitrogen and oxygen atoms in total. The highest BCUT2D eigenvalue weighted by molar-refractivity contribution is 14.1. The maximum absolute atomic E-state index is 2.64. The first-order valence-corrected chi connectivity index (χ1v) is 12.7. The number of likely N-dealkylation sites (tertiary alicyclic amines) is 1. The third-order valence-corrected chi connectivity index (χ3v) is 8.90. The SMILES string of the molecule is ICC(CI)(Cc1ccccc1)CC1CCN(Cc2ccccc2)CC1. The standard InChI is InChI=1S/C23H29I2N/c24-18-23(19-25,15-20-7-3-1-4-8-20)16-21-11-13-26(14-12-21)17-22-9-5-2-6-10-22/h1-10,21H,11-19H2. The number of benzene rings is 2. The Kier molecular flexibility index (Phi) is 8.25. The first kappa shape index (κ1) is 20.6. The zero-order valence-corrected chi connectivity index (χ0v) is 19.7. The molecule has 0 atom stereocenters. The Bertz CT molecular complexity index is 632. The predicted molar refractivity (Wildman–Crippen MR) is 129 cm³/mol. The molecule has 0 amide bonds. The molecule has 0 saturated carbocycles. The number of rotatable bonds is 8. The van der Waals surface area contributed by atoms with E-state index >= 15 is 0 Å². The molecule has 2 aromatic rings. The van der Waals surface area contributed by atoms with Crippen LogP contribution in [-0.4, -0.2) is 26.8 Å². The Morgan fingerprint density at radius 2 is 1.35 bits per heavy atom. The van der Waals surface area contributed by atoms with Crippen LogP contribution in [0, 0.1) is 11.3 Å². The summed E-state index contributed by atoms with van der Waals surface area (Å²) >= 11 is 5.26. The molecular weight excluding hydrogens is 544 g/mol. The van der Waals surface area contributed by atoms with Crippen molar-refractivity contribution in [2.75, 3.05) is 21.9 Å². The minimum Gasteiger partial charge on any atom is -0.299 e. The van der Waals surface area contributed by atoms with E-state index in [1.54, 1.807) is 0 Å². The molecule has 0 radical (unpaired) electrons. The van der Waals surface area contributed by atoms with Crippen molar-refractivity contribution in [2.45, 2.75) is 32.2 Å². The molecule has 1 heterocycles. The molecule has 1 saturated heterocycles. The maximum Gasteiger partial charge on any atom is 0.0233 e. The van der Waals surface area contributed by atoms with Gasteiger partial charge in [-0.2, -0.15) is 0 Å². The maximum atomic E-state index is 2.64. The zero-order chi connectivity index (χ0) is 18.2. The Morgan fingerprint density at radius 1 is 0.808 bits per heavy atom. The van der Waals surface area contributed by atoms with Crippen LogP contribution in [0.4, 0.5) is 0 Å². The van der Waals surface area contributed by atoms with Crippen molar-refractivity contribution in [1.82, 2.24) is 4.90 Å². The molecule has 1 aliphatic rings. The molecule has 1 fully saturated rings. The number of alkyl halides is 2. The Balaban J connectivity index is 1.54. The van der Waals surface area contributed by atoms with Gasteiger partial charge in [-0.3, -0.25) is 4.90 Å². The summed E-state index contributed by atoms with van der Waals surface area (Å²) in [6, 6.07) is 22.0. The molecule has 0 N–H and O–H groups in total. The largest absolute Gasteiger partial charge is 0.299 e.